The van der Waals surface area contributed by atoms with Crippen LogP contribution in [0.4, 0.5) is 5.69 Å². The average molecular weight is 252 g/mol. The molecule has 0 saturated carbocycles. The van der Waals surface area contributed by atoms with Gasteiger partial charge < -0.3 is 4.42 Å². The lowest BCUT2D eigenvalue weighted by atomic mass is 10.1. The van der Waals surface area contributed by atoms with E-state index >= 15 is 0 Å². The van der Waals surface area contributed by atoms with Crippen LogP contribution in [0.2, 0.25) is 5.02 Å². The highest BCUT2D eigenvalue weighted by Gasteiger charge is 2.13. The molecule has 2 rings (SSSR count). The van der Waals surface area contributed by atoms with E-state index in [2.05, 4.69) is 0 Å². The van der Waals surface area contributed by atoms with Crippen LogP contribution < -0.4 is 0 Å². The zero-order valence-electron chi connectivity index (χ0n) is 8.42. The van der Waals surface area contributed by atoms with E-state index in [4.69, 9.17) is 16.0 Å². The van der Waals surface area contributed by atoms with Gasteiger partial charge in [-0.1, -0.05) is 11.6 Å². The molecule has 1 aromatic heterocycles. The third-order valence-corrected chi connectivity index (χ3v) is 2.48. The molecule has 1 heterocycles. The topological polar surface area (TPSA) is 73.3 Å². The summed E-state index contributed by atoms with van der Waals surface area (Å²) in [5.74, 6) is 0.571. The summed E-state index contributed by atoms with van der Waals surface area (Å²) in [7, 11) is 0. The molecule has 0 aliphatic rings. The van der Waals surface area contributed by atoms with Gasteiger partial charge in [0.2, 0.25) is 0 Å². The predicted molar refractivity (Wildman–Crippen MR) is 61.2 cm³/mol. The minimum atomic E-state index is -0.533. The van der Waals surface area contributed by atoms with E-state index in [1.54, 1.807) is 6.07 Å². The first kappa shape index (κ1) is 11.3. The van der Waals surface area contributed by atoms with Gasteiger partial charge in [-0.2, -0.15) is 0 Å². The van der Waals surface area contributed by atoms with Crippen LogP contribution in [0, 0.1) is 10.1 Å². The van der Waals surface area contributed by atoms with Gasteiger partial charge in [-0.15, -0.1) is 0 Å². The summed E-state index contributed by atoms with van der Waals surface area (Å²) >= 11 is 5.91. The molecule has 17 heavy (non-hydrogen) atoms. The molecule has 0 radical (unpaired) electrons. The zero-order valence-corrected chi connectivity index (χ0v) is 9.18. The van der Waals surface area contributed by atoms with Crippen molar-refractivity contribution in [2.75, 3.05) is 0 Å². The minimum Gasteiger partial charge on any atom is -0.453 e. The van der Waals surface area contributed by atoms with Crippen LogP contribution in [0.3, 0.4) is 0 Å². The normalized spacial score (nSPS) is 10.2. The van der Waals surface area contributed by atoms with Crippen molar-refractivity contribution in [3.05, 3.63) is 51.2 Å². The molecule has 0 atom stereocenters. The van der Waals surface area contributed by atoms with Crippen LogP contribution in [-0.2, 0) is 0 Å². The Morgan fingerprint density at radius 1 is 1.29 bits per heavy atom. The maximum atomic E-state index is 10.5. The van der Waals surface area contributed by atoms with Crippen molar-refractivity contribution < 1.29 is 14.1 Å². The number of hydrogen-bond acceptors (Lipinski definition) is 4. The standard InChI is InChI=1S/C11H6ClNO4/c12-10-5-7(13(15)16)1-3-9(10)11-4-2-8(6-14)17-11/h1-6H. The van der Waals surface area contributed by atoms with Crippen LogP contribution in [0.15, 0.2) is 34.7 Å². The first-order chi connectivity index (χ1) is 8.11. The van der Waals surface area contributed by atoms with Gasteiger partial charge in [0.05, 0.1) is 9.95 Å². The summed E-state index contributed by atoms with van der Waals surface area (Å²) in [5, 5.41) is 10.7. The molecule has 0 bridgehead atoms. The summed E-state index contributed by atoms with van der Waals surface area (Å²) in [6, 6.07) is 7.12. The smallest absolute Gasteiger partial charge is 0.270 e. The van der Waals surface area contributed by atoms with Gasteiger partial charge in [0.25, 0.3) is 5.69 Å². The van der Waals surface area contributed by atoms with Gasteiger partial charge in [0, 0.05) is 17.7 Å². The minimum absolute atomic E-state index is 0.0964. The molecule has 0 aliphatic carbocycles. The molecule has 0 N–H and O–H groups in total. The van der Waals surface area contributed by atoms with Crippen LogP contribution in [-0.4, -0.2) is 11.2 Å². The summed E-state index contributed by atoms with van der Waals surface area (Å²) in [4.78, 5) is 20.5. The van der Waals surface area contributed by atoms with Crippen LogP contribution in [0.25, 0.3) is 11.3 Å². The fourth-order valence-electron chi connectivity index (χ4n) is 1.38. The number of carbonyl (C=O) groups is 1. The van der Waals surface area contributed by atoms with Crippen molar-refractivity contribution >= 4 is 23.6 Å². The molecule has 1 aromatic carbocycles. The average Bonchev–Trinajstić information content (AvgIpc) is 2.77. The molecular formula is C11H6ClNO4. The molecule has 6 heteroatoms. The lowest BCUT2D eigenvalue weighted by Crippen LogP contribution is -1.88. The van der Waals surface area contributed by atoms with Crippen molar-refractivity contribution in [2.45, 2.75) is 0 Å². The van der Waals surface area contributed by atoms with Gasteiger partial charge in [0.1, 0.15) is 5.76 Å². The predicted octanol–water partition coefficient (Wildman–Crippen LogP) is 3.32. The quantitative estimate of drug-likeness (QED) is 0.476. The highest BCUT2D eigenvalue weighted by atomic mass is 35.5. The van der Waals surface area contributed by atoms with Crippen molar-refractivity contribution in [3.63, 3.8) is 0 Å². The molecule has 0 saturated heterocycles. The summed E-state index contributed by atoms with van der Waals surface area (Å²) in [6.07, 6.45) is 0.572. The number of nitrogens with zero attached hydrogens (tertiary/aromatic N) is 1. The summed E-state index contributed by atoms with van der Waals surface area (Å²) < 4.78 is 5.18. The van der Waals surface area contributed by atoms with E-state index in [-0.39, 0.29) is 16.5 Å². The molecular weight excluding hydrogens is 246 g/mol. The Morgan fingerprint density at radius 3 is 2.59 bits per heavy atom. The van der Waals surface area contributed by atoms with Gasteiger partial charge >= 0.3 is 0 Å². The molecule has 0 unspecified atom stereocenters. The van der Waals surface area contributed by atoms with Crippen LogP contribution in [0.5, 0.6) is 0 Å². The second kappa shape index (κ2) is 4.39. The van der Waals surface area contributed by atoms with E-state index in [1.807, 2.05) is 0 Å². The third kappa shape index (κ3) is 2.19. The van der Waals surface area contributed by atoms with E-state index in [1.165, 1.54) is 24.3 Å². The molecule has 0 amide bonds. The molecule has 2 aromatic rings. The Morgan fingerprint density at radius 2 is 2.06 bits per heavy atom. The van der Waals surface area contributed by atoms with E-state index in [0.29, 0.717) is 17.6 Å². The number of nitro benzene ring substituents is 1. The lowest BCUT2D eigenvalue weighted by Gasteiger charge is -2.00. The number of rotatable bonds is 3. The van der Waals surface area contributed by atoms with Gasteiger partial charge in [-0.25, -0.2) is 0 Å². The van der Waals surface area contributed by atoms with Gasteiger partial charge in [-0.05, 0) is 18.2 Å². The fraction of sp³-hybridized carbons (Fsp3) is 0. The Kier molecular flexibility index (Phi) is 2.93. The fourth-order valence-corrected chi connectivity index (χ4v) is 1.65. The molecule has 0 aliphatic heterocycles. The number of nitro groups is 1. The molecule has 86 valence electrons. The first-order valence-corrected chi connectivity index (χ1v) is 4.99. The number of aldehydes is 1. The van der Waals surface area contributed by atoms with E-state index < -0.39 is 4.92 Å². The van der Waals surface area contributed by atoms with Gasteiger partial charge in [-0.3, -0.25) is 14.9 Å². The highest BCUT2D eigenvalue weighted by Crippen LogP contribution is 2.31. The Hall–Kier alpha value is -2.14. The second-order valence-corrected chi connectivity index (χ2v) is 3.65. The first-order valence-electron chi connectivity index (χ1n) is 4.61. The summed E-state index contributed by atoms with van der Waals surface area (Å²) in [5.41, 5.74) is 0.409. The maximum absolute atomic E-state index is 10.5. The second-order valence-electron chi connectivity index (χ2n) is 3.24. The van der Waals surface area contributed by atoms with Gasteiger partial charge in [0.15, 0.2) is 12.0 Å². The third-order valence-electron chi connectivity index (χ3n) is 2.17. The van der Waals surface area contributed by atoms with Crippen molar-refractivity contribution in [1.82, 2.24) is 0 Å². The number of benzene rings is 1. The summed E-state index contributed by atoms with van der Waals surface area (Å²) in [6.45, 7) is 0. The van der Waals surface area contributed by atoms with E-state index in [9.17, 15) is 14.9 Å². The number of furan rings is 1. The monoisotopic (exact) mass is 251 g/mol. The number of non-ortho nitro benzene ring substituents is 1. The van der Waals surface area contributed by atoms with Crippen LogP contribution >= 0.6 is 11.6 Å². The molecule has 0 fully saturated rings. The maximum Gasteiger partial charge on any atom is 0.270 e. The number of halogens is 1. The Bertz CT molecular complexity index is 591. The van der Waals surface area contributed by atoms with Crippen molar-refractivity contribution in [3.8, 4) is 11.3 Å². The largest absolute Gasteiger partial charge is 0.453 e. The van der Waals surface area contributed by atoms with Crippen LogP contribution in [0.1, 0.15) is 10.6 Å². The van der Waals surface area contributed by atoms with E-state index in [0.717, 1.165) is 0 Å². The lowest BCUT2D eigenvalue weighted by molar-refractivity contribution is -0.384. The number of hydrogen-bond donors (Lipinski definition) is 0. The Balaban J connectivity index is 2.46. The van der Waals surface area contributed by atoms with Crippen molar-refractivity contribution in [2.24, 2.45) is 0 Å². The molecule has 5 nitrogen and oxygen atoms in total. The van der Waals surface area contributed by atoms with Crippen molar-refractivity contribution in [1.29, 1.82) is 0 Å². The Labute approximate surface area is 101 Å². The zero-order chi connectivity index (χ0) is 12.4. The SMILES string of the molecule is O=Cc1ccc(-c2ccc([N+](=O)[O-])cc2Cl)o1. The number of carbonyl (C=O) groups excluding carboxylic acids is 1. The molecule has 0 spiro atoms. The highest BCUT2D eigenvalue weighted by molar-refractivity contribution is 6.33.